The highest BCUT2D eigenvalue weighted by molar-refractivity contribution is 6.34. The van der Waals surface area contributed by atoms with Gasteiger partial charge in [-0.2, -0.15) is 0 Å². The third-order valence-electron chi connectivity index (χ3n) is 2.68. The fourth-order valence-corrected chi connectivity index (χ4v) is 1.83. The number of aryl methyl sites for hydroxylation is 1. The van der Waals surface area contributed by atoms with Crippen LogP contribution in [0.1, 0.15) is 31.7 Å². The molecule has 3 nitrogen and oxygen atoms in total. The number of amides is 1. The molecule has 0 saturated carbocycles. The minimum absolute atomic E-state index is 0.172. The molecule has 0 fully saturated rings. The topological polar surface area (TPSA) is 55.1 Å². The molecule has 0 unspecified atom stereocenters. The average Bonchev–Trinajstić information content (AvgIpc) is 2.30. The molecule has 1 aromatic carbocycles. The van der Waals surface area contributed by atoms with Gasteiger partial charge in [-0.15, -0.1) is 0 Å². The SMILES string of the molecule is CCCC[C@H](N)C(=O)Nc1c(C)cccc1Cl. The largest absolute Gasteiger partial charge is 0.323 e. The van der Waals surface area contributed by atoms with E-state index in [2.05, 4.69) is 12.2 Å². The van der Waals surface area contributed by atoms with Gasteiger partial charge in [0.15, 0.2) is 0 Å². The number of anilines is 1. The van der Waals surface area contributed by atoms with Crippen LogP contribution >= 0.6 is 11.6 Å². The van der Waals surface area contributed by atoms with E-state index in [1.807, 2.05) is 19.1 Å². The highest BCUT2D eigenvalue weighted by Crippen LogP contribution is 2.25. The Labute approximate surface area is 107 Å². The molecular formula is C13H19ClN2O. The number of carbonyl (C=O) groups is 1. The smallest absolute Gasteiger partial charge is 0.241 e. The fourth-order valence-electron chi connectivity index (χ4n) is 1.56. The van der Waals surface area contributed by atoms with Gasteiger partial charge < -0.3 is 11.1 Å². The van der Waals surface area contributed by atoms with Crippen LogP contribution in [0.25, 0.3) is 0 Å². The van der Waals surface area contributed by atoms with Crippen LogP contribution in [0, 0.1) is 6.92 Å². The van der Waals surface area contributed by atoms with E-state index in [0.29, 0.717) is 17.1 Å². The molecule has 1 atom stereocenters. The Morgan fingerprint density at radius 1 is 1.53 bits per heavy atom. The lowest BCUT2D eigenvalue weighted by Gasteiger charge is -2.14. The molecule has 0 aliphatic rings. The summed E-state index contributed by atoms with van der Waals surface area (Å²) < 4.78 is 0. The molecule has 0 bridgehead atoms. The Balaban J connectivity index is 2.68. The van der Waals surface area contributed by atoms with Crippen LogP contribution in [0.2, 0.25) is 5.02 Å². The second-order valence-electron chi connectivity index (χ2n) is 4.17. The molecule has 1 amide bonds. The first-order chi connectivity index (χ1) is 8.06. The Kier molecular flexibility index (Phi) is 5.45. The van der Waals surface area contributed by atoms with E-state index in [0.717, 1.165) is 18.4 Å². The second kappa shape index (κ2) is 6.62. The second-order valence-corrected chi connectivity index (χ2v) is 4.58. The standard InChI is InChI=1S/C13H19ClN2O/c1-3-4-8-11(15)13(17)16-12-9(2)6-5-7-10(12)14/h5-7,11H,3-4,8,15H2,1-2H3,(H,16,17)/t11-/m0/s1. The van der Waals surface area contributed by atoms with Crippen molar-refractivity contribution < 1.29 is 4.79 Å². The molecule has 0 aliphatic carbocycles. The van der Waals surface area contributed by atoms with Crippen LogP contribution in [-0.2, 0) is 4.79 Å². The zero-order chi connectivity index (χ0) is 12.8. The van der Waals surface area contributed by atoms with E-state index in [4.69, 9.17) is 17.3 Å². The van der Waals surface area contributed by atoms with Crippen molar-refractivity contribution in [2.24, 2.45) is 5.73 Å². The summed E-state index contributed by atoms with van der Waals surface area (Å²) >= 11 is 6.03. The monoisotopic (exact) mass is 254 g/mol. The average molecular weight is 255 g/mol. The van der Waals surface area contributed by atoms with Crippen molar-refractivity contribution in [1.29, 1.82) is 0 Å². The fraction of sp³-hybridized carbons (Fsp3) is 0.462. The molecule has 1 rings (SSSR count). The molecule has 94 valence electrons. The number of hydrogen-bond donors (Lipinski definition) is 2. The summed E-state index contributed by atoms with van der Waals surface area (Å²) in [7, 11) is 0. The molecule has 4 heteroatoms. The van der Waals surface area contributed by atoms with Crippen molar-refractivity contribution in [3.8, 4) is 0 Å². The van der Waals surface area contributed by atoms with Crippen LogP contribution in [0.3, 0.4) is 0 Å². The van der Waals surface area contributed by atoms with Gasteiger partial charge in [-0.3, -0.25) is 4.79 Å². The van der Waals surface area contributed by atoms with Crippen LogP contribution in [0.15, 0.2) is 18.2 Å². The van der Waals surface area contributed by atoms with Crippen LogP contribution in [-0.4, -0.2) is 11.9 Å². The van der Waals surface area contributed by atoms with E-state index in [-0.39, 0.29) is 5.91 Å². The molecule has 0 saturated heterocycles. The number of benzene rings is 1. The Morgan fingerprint density at radius 3 is 2.82 bits per heavy atom. The van der Waals surface area contributed by atoms with Crippen molar-refractivity contribution in [1.82, 2.24) is 0 Å². The van der Waals surface area contributed by atoms with Crippen molar-refractivity contribution in [3.63, 3.8) is 0 Å². The predicted molar refractivity (Wildman–Crippen MR) is 72.3 cm³/mol. The highest BCUT2D eigenvalue weighted by Gasteiger charge is 2.15. The molecule has 3 N–H and O–H groups in total. The number of para-hydroxylation sites is 1. The van der Waals surface area contributed by atoms with Crippen molar-refractivity contribution in [2.45, 2.75) is 39.2 Å². The third kappa shape index (κ3) is 4.02. The maximum Gasteiger partial charge on any atom is 0.241 e. The normalized spacial score (nSPS) is 12.2. The Morgan fingerprint density at radius 2 is 2.24 bits per heavy atom. The van der Waals surface area contributed by atoms with Crippen LogP contribution < -0.4 is 11.1 Å². The Hall–Kier alpha value is -1.06. The first kappa shape index (κ1) is 14.0. The Bertz CT molecular complexity index is 373. The zero-order valence-electron chi connectivity index (χ0n) is 10.3. The van der Waals surface area contributed by atoms with Crippen LogP contribution in [0.5, 0.6) is 0 Å². The molecule has 1 aromatic rings. The van der Waals surface area contributed by atoms with Gasteiger partial charge in [0.05, 0.1) is 16.8 Å². The number of carbonyl (C=O) groups excluding carboxylic acids is 1. The minimum atomic E-state index is -0.467. The van der Waals surface area contributed by atoms with E-state index in [9.17, 15) is 4.79 Å². The van der Waals surface area contributed by atoms with Gasteiger partial charge in [0.1, 0.15) is 0 Å². The summed E-state index contributed by atoms with van der Waals surface area (Å²) in [4.78, 5) is 11.8. The van der Waals surface area contributed by atoms with E-state index < -0.39 is 6.04 Å². The van der Waals surface area contributed by atoms with E-state index >= 15 is 0 Å². The summed E-state index contributed by atoms with van der Waals surface area (Å²) in [5, 5.41) is 3.33. The molecular weight excluding hydrogens is 236 g/mol. The number of rotatable bonds is 5. The number of hydrogen-bond acceptors (Lipinski definition) is 2. The minimum Gasteiger partial charge on any atom is -0.323 e. The number of nitrogens with one attached hydrogen (secondary N) is 1. The van der Waals surface area contributed by atoms with Gasteiger partial charge in [-0.1, -0.05) is 43.5 Å². The summed E-state index contributed by atoms with van der Waals surface area (Å²) in [6, 6.07) is 5.04. The summed E-state index contributed by atoms with van der Waals surface area (Å²) in [5.41, 5.74) is 7.39. The quantitative estimate of drug-likeness (QED) is 0.848. The van der Waals surface area contributed by atoms with Gasteiger partial charge >= 0.3 is 0 Å². The van der Waals surface area contributed by atoms with Crippen LogP contribution in [0.4, 0.5) is 5.69 Å². The summed E-state index contributed by atoms with van der Waals surface area (Å²) in [6.07, 6.45) is 2.69. The summed E-state index contributed by atoms with van der Waals surface area (Å²) in [5.74, 6) is -0.172. The first-order valence-electron chi connectivity index (χ1n) is 5.87. The van der Waals surface area contributed by atoms with Gasteiger partial charge in [0, 0.05) is 0 Å². The summed E-state index contributed by atoms with van der Waals surface area (Å²) in [6.45, 7) is 3.97. The molecule has 17 heavy (non-hydrogen) atoms. The lowest BCUT2D eigenvalue weighted by molar-refractivity contribution is -0.117. The number of nitrogens with two attached hydrogens (primary N) is 1. The molecule has 0 aliphatic heterocycles. The van der Waals surface area contributed by atoms with E-state index in [1.54, 1.807) is 6.07 Å². The van der Waals surface area contributed by atoms with Gasteiger partial charge in [0.2, 0.25) is 5.91 Å². The van der Waals surface area contributed by atoms with Crippen molar-refractivity contribution in [2.75, 3.05) is 5.32 Å². The maximum absolute atomic E-state index is 11.8. The van der Waals surface area contributed by atoms with Gasteiger partial charge in [-0.05, 0) is 25.0 Å². The van der Waals surface area contributed by atoms with Gasteiger partial charge in [0.25, 0.3) is 0 Å². The van der Waals surface area contributed by atoms with E-state index in [1.165, 1.54) is 0 Å². The molecule has 0 radical (unpaired) electrons. The third-order valence-corrected chi connectivity index (χ3v) is 2.99. The zero-order valence-corrected chi connectivity index (χ0v) is 11.1. The lowest BCUT2D eigenvalue weighted by atomic mass is 10.1. The maximum atomic E-state index is 11.8. The lowest BCUT2D eigenvalue weighted by Crippen LogP contribution is -2.35. The molecule has 0 spiro atoms. The van der Waals surface area contributed by atoms with Crippen molar-refractivity contribution >= 4 is 23.2 Å². The number of unbranched alkanes of at least 4 members (excludes halogenated alkanes) is 1. The highest BCUT2D eigenvalue weighted by atomic mass is 35.5. The van der Waals surface area contributed by atoms with Gasteiger partial charge in [-0.25, -0.2) is 0 Å². The first-order valence-corrected chi connectivity index (χ1v) is 6.25. The number of halogens is 1. The van der Waals surface area contributed by atoms with Crippen molar-refractivity contribution in [3.05, 3.63) is 28.8 Å². The molecule has 0 heterocycles. The predicted octanol–water partition coefficient (Wildman–Crippen LogP) is 3.10. The molecule has 0 aromatic heterocycles.